The Kier molecular flexibility index (Phi) is 1.79. The standard InChI is InChI=1S/C15H14O2/c16-15(12-6-10-5-11(10)7-12)14-8-9-3-1-2-4-13(9)17-14/h1-4,8,10-12H,5-7H2. The Bertz CT molecular complexity index is 553. The number of furan rings is 1. The van der Waals surface area contributed by atoms with Gasteiger partial charge < -0.3 is 4.42 Å². The smallest absolute Gasteiger partial charge is 0.201 e. The van der Waals surface area contributed by atoms with Gasteiger partial charge in [-0.2, -0.15) is 0 Å². The van der Waals surface area contributed by atoms with Gasteiger partial charge >= 0.3 is 0 Å². The molecule has 2 nitrogen and oxygen atoms in total. The molecule has 2 aliphatic rings. The summed E-state index contributed by atoms with van der Waals surface area (Å²) in [7, 11) is 0. The van der Waals surface area contributed by atoms with Crippen LogP contribution in [-0.4, -0.2) is 5.78 Å². The van der Waals surface area contributed by atoms with Crippen LogP contribution < -0.4 is 0 Å². The van der Waals surface area contributed by atoms with Crippen molar-refractivity contribution in [2.75, 3.05) is 0 Å². The van der Waals surface area contributed by atoms with Gasteiger partial charge in [0.25, 0.3) is 0 Å². The maximum Gasteiger partial charge on any atom is 0.201 e. The molecule has 1 heterocycles. The lowest BCUT2D eigenvalue weighted by atomic mass is 9.97. The van der Waals surface area contributed by atoms with Crippen molar-refractivity contribution < 1.29 is 9.21 Å². The molecule has 17 heavy (non-hydrogen) atoms. The van der Waals surface area contributed by atoms with Gasteiger partial charge in [-0.1, -0.05) is 18.2 Å². The van der Waals surface area contributed by atoms with Crippen molar-refractivity contribution in [3.05, 3.63) is 36.1 Å². The maximum absolute atomic E-state index is 12.3. The van der Waals surface area contributed by atoms with Gasteiger partial charge in [-0.15, -0.1) is 0 Å². The molecule has 0 radical (unpaired) electrons. The lowest BCUT2D eigenvalue weighted by Gasteiger charge is -2.07. The summed E-state index contributed by atoms with van der Waals surface area (Å²) >= 11 is 0. The van der Waals surface area contributed by atoms with Gasteiger partial charge in [0.15, 0.2) is 5.76 Å². The molecule has 2 fully saturated rings. The zero-order chi connectivity index (χ0) is 11.4. The van der Waals surface area contributed by atoms with Crippen molar-refractivity contribution in [3.8, 4) is 0 Å². The van der Waals surface area contributed by atoms with Crippen molar-refractivity contribution in [2.45, 2.75) is 19.3 Å². The van der Waals surface area contributed by atoms with Gasteiger partial charge in [0.2, 0.25) is 5.78 Å². The largest absolute Gasteiger partial charge is 0.453 e. The van der Waals surface area contributed by atoms with Crippen molar-refractivity contribution >= 4 is 16.8 Å². The summed E-state index contributed by atoms with van der Waals surface area (Å²) in [5.74, 6) is 2.67. The van der Waals surface area contributed by atoms with Gasteiger partial charge in [0, 0.05) is 11.3 Å². The number of para-hydroxylation sites is 1. The molecule has 0 bridgehead atoms. The molecular formula is C15H14O2. The molecule has 2 saturated carbocycles. The van der Waals surface area contributed by atoms with E-state index in [4.69, 9.17) is 4.42 Å². The molecule has 0 aliphatic heterocycles. The summed E-state index contributed by atoms with van der Waals surface area (Å²) in [6.07, 6.45) is 3.52. The van der Waals surface area contributed by atoms with E-state index in [9.17, 15) is 4.79 Å². The van der Waals surface area contributed by atoms with Crippen LogP contribution >= 0.6 is 0 Å². The topological polar surface area (TPSA) is 30.2 Å². The molecule has 4 rings (SSSR count). The van der Waals surface area contributed by atoms with Gasteiger partial charge in [-0.25, -0.2) is 0 Å². The zero-order valence-electron chi connectivity index (χ0n) is 9.56. The number of Topliss-reactive ketones (excluding diaryl/α,β-unsaturated/α-hetero) is 1. The summed E-state index contributed by atoms with van der Waals surface area (Å²) in [6, 6.07) is 9.70. The highest BCUT2D eigenvalue weighted by molar-refractivity contribution is 5.99. The predicted octanol–water partition coefficient (Wildman–Crippen LogP) is 3.66. The second kappa shape index (κ2) is 3.22. The molecule has 2 aromatic rings. The minimum Gasteiger partial charge on any atom is -0.453 e. The molecule has 0 saturated heterocycles. The lowest BCUT2D eigenvalue weighted by molar-refractivity contribution is 0.0888. The van der Waals surface area contributed by atoms with Crippen LogP contribution in [-0.2, 0) is 0 Å². The maximum atomic E-state index is 12.3. The number of benzene rings is 1. The quantitative estimate of drug-likeness (QED) is 0.731. The predicted molar refractivity (Wildman–Crippen MR) is 64.9 cm³/mol. The van der Waals surface area contributed by atoms with Crippen molar-refractivity contribution in [1.29, 1.82) is 0 Å². The van der Waals surface area contributed by atoms with Crippen LogP contribution in [0.4, 0.5) is 0 Å². The summed E-state index contributed by atoms with van der Waals surface area (Å²) in [6.45, 7) is 0. The zero-order valence-corrected chi connectivity index (χ0v) is 9.56. The fourth-order valence-corrected chi connectivity index (χ4v) is 3.23. The van der Waals surface area contributed by atoms with E-state index in [1.165, 1.54) is 6.42 Å². The fourth-order valence-electron chi connectivity index (χ4n) is 3.23. The molecule has 0 spiro atoms. The van der Waals surface area contributed by atoms with Crippen molar-refractivity contribution in [3.63, 3.8) is 0 Å². The van der Waals surface area contributed by atoms with Crippen LogP contribution in [0.2, 0.25) is 0 Å². The summed E-state index contributed by atoms with van der Waals surface area (Å²) in [5.41, 5.74) is 0.819. The van der Waals surface area contributed by atoms with E-state index < -0.39 is 0 Å². The minimum atomic E-state index is 0.216. The molecule has 2 unspecified atom stereocenters. The first-order chi connectivity index (χ1) is 8.31. The fraction of sp³-hybridized carbons (Fsp3) is 0.400. The van der Waals surface area contributed by atoms with Gasteiger partial charge in [0.1, 0.15) is 5.58 Å². The van der Waals surface area contributed by atoms with Crippen molar-refractivity contribution in [2.24, 2.45) is 17.8 Å². The number of ketones is 1. The summed E-state index contributed by atoms with van der Waals surface area (Å²) < 4.78 is 5.64. The molecule has 2 atom stereocenters. The summed E-state index contributed by atoms with van der Waals surface area (Å²) in [4.78, 5) is 12.3. The third-order valence-corrected chi connectivity index (χ3v) is 4.28. The van der Waals surface area contributed by atoms with E-state index in [1.54, 1.807) is 0 Å². The highest BCUT2D eigenvalue weighted by Gasteiger charge is 2.48. The van der Waals surface area contributed by atoms with E-state index in [1.807, 2.05) is 30.3 Å². The molecule has 86 valence electrons. The number of hydrogen-bond acceptors (Lipinski definition) is 2. The monoisotopic (exact) mass is 226 g/mol. The Morgan fingerprint density at radius 2 is 1.88 bits per heavy atom. The first kappa shape index (κ1) is 9.46. The number of fused-ring (bicyclic) bond motifs is 2. The lowest BCUT2D eigenvalue weighted by Crippen LogP contribution is -2.11. The molecule has 0 N–H and O–H groups in total. The average molecular weight is 226 g/mol. The van der Waals surface area contributed by atoms with Crippen molar-refractivity contribution in [1.82, 2.24) is 0 Å². The highest BCUT2D eigenvalue weighted by Crippen LogP contribution is 2.55. The molecule has 0 amide bonds. The second-order valence-corrected chi connectivity index (χ2v) is 5.44. The number of rotatable bonds is 2. The van der Waals surface area contributed by atoms with E-state index in [0.717, 1.165) is 35.6 Å². The van der Waals surface area contributed by atoms with Crippen LogP contribution in [0, 0.1) is 17.8 Å². The van der Waals surface area contributed by atoms with Crippen LogP contribution in [0.3, 0.4) is 0 Å². The Balaban J connectivity index is 1.66. The van der Waals surface area contributed by atoms with Gasteiger partial charge in [0.05, 0.1) is 0 Å². The second-order valence-electron chi connectivity index (χ2n) is 5.44. The SMILES string of the molecule is O=C(c1cc2ccccc2o1)C1CC2CC2C1. The molecular weight excluding hydrogens is 212 g/mol. The molecule has 2 heteroatoms. The van der Waals surface area contributed by atoms with E-state index >= 15 is 0 Å². The summed E-state index contributed by atoms with van der Waals surface area (Å²) in [5, 5.41) is 1.03. The van der Waals surface area contributed by atoms with Gasteiger partial charge in [-0.3, -0.25) is 4.79 Å². The van der Waals surface area contributed by atoms with Crippen LogP contribution in [0.15, 0.2) is 34.7 Å². The molecule has 2 aliphatic carbocycles. The average Bonchev–Trinajstić information content (AvgIpc) is 2.81. The van der Waals surface area contributed by atoms with E-state index in [-0.39, 0.29) is 11.7 Å². The third kappa shape index (κ3) is 1.43. The van der Waals surface area contributed by atoms with Crippen LogP contribution in [0.1, 0.15) is 29.8 Å². The Morgan fingerprint density at radius 3 is 2.65 bits per heavy atom. The number of hydrogen-bond donors (Lipinski definition) is 0. The molecule has 1 aromatic heterocycles. The Hall–Kier alpha value is -1.57. The van der Waals surface area contributed by atoms with Gasteiger partial charge in [-0.05, 0) is 43.2 Å². The first-order valence-corrected chi connectivity index (χ1v) is 6.34. The van der Waals surface area contributed by atoms with Crippen LogP contribution in [0.25, 0.3) is 11.0 Å². The normalized spacial score (nSPS) is 30.5. The highest BCUT2D eigenvalue weighted by atomic mass is 16.3. The van der Waals surface area contributed by atoms with Crippen LogP contribution in [0.5, 0.6) is 0 Å². The minimum absolute atomic E-state index is 0.216. The number of carbonyl (C=O) groups is 1. The third-order valence-electron chi connectivity index (χ3n) is 4.28. The molecule has 1 aromatic carbocycles. The van der Waals surface area contributed by atoms with E-state index in [0.29, 0.717) is 5.76 Å². The van der Waals surface area contributed by atoms with E-state index in [2.05, 4.69) is 0 Å². The Labute approximate surface area is 99.6 Å². The Morgan fingerprint density at radius 1 is 1.12 bits per heavy atom. The number of carbonyl (C=O) groups excluding carboxylic acids is 1. The first-order valence-electron chi connectivity index (χ1n) is 6.34.